The first-order valence-electron chi connectivity index (χ1n) is 5.71. The summed E-state index contributed by atoms with van der Waals surface area (Å²) in [6, 6.07) is 8.15. The van der Waals surface area contributed by atoms with E-state index >= 15 is 0 Å². The van der Waals surface area contributed by atoms with Gasteiger partial charge in [0.1, 0.15) is 5.75 Å². The highest BCUT2D eigenvalue weighted by Crippen LogP contribution is 2.24. The largest absolute Gasteiger partial charge is 0.506 e. The lowest BCUT2D eigenvalue weighted by Crippen LogP contribution is -2.12. The quantitative estimate of drug-likeness (QED) is 0.829. The number of hydrogen-bond acceptors (Lipinski definition) is 4. The molecule has 5 nitrogen and oxygen atoms in total. The number of pyridine rings is 1. The zero-order valence-electron chi connectivity index (χ0n) is 10.7. The molecule has 1 amide bonds. The summed E-state index contributed by atoms with van der Waals surface area (Å²) < 4.78 is 4.95. The number of methoxy groups -OCH3 is 1. The van der Waals surface area contributed by atoms with Crippen LogP contribution in [0.1, 0.15) is 15.9 Å². The van der Waals surface area contributed by atoms with E-state index in [0.29, 0.717) is 17.1 Å². The zero-order chi connectivity index (χ0) is 13.8. The van der Waals surface area contributed by atoms with Crippen LogP contribution < -0.4 is 10.1 Å². The summed E-state index contributed by atoms with van der Waals surface area (Å²) in [5.74, 6) is 0.0648. The molecule has 1 heterocycles. The molecule has 0 unspecified atom stereocenters. The summed E-state index contributed by atoms with van der Waals surface area (Å²) in [5, 5.41) is 12.4. The average molecular weight is 258 g/mol. The van der Waals surface area contributed by atoms with E-state index in [2.05, 4.69) is 10.3 Å². The predicted octanol–water partition coefficient (Wildman–Crippen LogP) is 2.36. The maximum Gasteiger partial charge on any atom is 0.256 e. The van der Waals surface area contributed by atoms with Crippen molar-refractivity contribution in [3.8, 4) is 11.6 Å². The Morgan fingerprint density at radius 2 is 2.11 bits per heavy atom. The molecule has 0 aliphatic rings. The minimum Gasteiger partial charge on any atom is -0.506 e. The van der Waals surface area contributed by atoms with E-state index in [1.165, 1.54) is 19.4 Å². The second kappa shape index (κ2) is 5.39. The van der Waals surface area contributed by atoms with Gasteiger partial charge >= 0.3 is 0 Å². The van der Waals surface area contributed by atoms with Crippen LogP contribution >= 0.6 is 0 Å². The van der Waals surface area contributed by atoms with Crippen LogP contribution in [0.15, 0.2) is 36.5 Å². The van der Waals surface area contributed by atoms with Gasteiger partial charge in [-0.2, -0.15) is 0 Å². The molecule has 0 bridgehead atoms. The highest BCUT2D eigenvalue weighted by molar-refractivity contribution is 6.05. The highest BCUT2D eigenvalue weighted by atomic mass is 16.5. The van der Waals surface area contributed by atoms with Gasteiger partial charge in [0, 0.05) is 17.8 Å². The Labute approximate surface area is 110 Å². The summed E-state index contributed by atoms with van der Waals surface area (Å²) in [6.45, 7) is 1.86. The van der Waals surface area contributed by atoms with Gasteiger partial charge in [0.25, 0.3) is 5.91 Å². The molecule has 2 N–H and O–H groups in total. The molecule has 0 radical (unpaired) electrons. The van der Waals surface area contributed by atoms with Crippen molar-refractivity contribution in [1.82, 2.24) is 4.98 Å². The number of ether oxygens (including phenoxy) is 1. The predicted molar refractivity (Wildman–Crippen MR) is 71.6 cm³/mol. The van der Waals surface area contributed by atoms with E-state index in [1.54, 1.807) is 18.2 Å². The number of aromatic hydroxyl groups is 1. The number of anilines is 1. The summed E-state index contributed by atoms with van der Waals surface area (Å²) in [6.07, 6.45) is 1.49. The topological polar surface area (TPSA) is 71.5 Å². The summed E-state index contributed by atoms with van der Waals surface area (Å²) in [5.41, 5.74) is 1.69. The molecule has 0 aliphatic heterocycles. The van der Waals surface area contributed by atoms with Crippen LogP contribution in [0.4, 0.5) is 5.69 Å². The third kappa shape index (κ3) is 3.01. The van der Waals surface area contributed by atoms with Crippen molar-refractivity contribution in [3.05, 3.63) is 47.7 Å². The van der Waals surface area contributed by atoms with Gasteiger partial charge in [0.2, 0.25) is 5.88 Å². The fourth-order valence-corrected chi connectivity index (χ4v) is 1.60. The van der Waals surface area contributed by atoms with Crippen molar-refractivity contribution in [1.29, 1.82) is 0 Å². The Bertz CT molecular complexity index is 611. The van der Waals surface area contributed by atoms with Crippen LogP contribution in [-0.2, 0) is 0 Å². The molecule has 2 aromatic rings. The third-order valence-corrected chi connectivity index (χ3v) is 2.61. The number of carbonyl (C=O) groups excluding carboxylic acids is 1. The van der Waals surface area contributed by atoms with Crippen molar-refractivity contribution in [2.75, 3.05) is 12.4 Å². The highest BCUT2D eigenvalue weighted by Gasteiger charge is 2.10. The van der Waals surface area contributed by atoms with E-state index < -0.39 is 0 Å². The van der Waals surface area contributed by atoms with Gasteiger partial charge in [-0.05, 0) is 30.7 Å². The Morgan fingerprint density at radius 1 is 1.32 bits per heavy atom. The number of nitrogens with one attached hydrogen (secondary N) is 1. The van der Waals surface area contributed by atoms with Crippen LogP contribution in [-0.4, -0.2) is 23.1 Å². The SMILES string of the molecule is COc1cc(C(=O)Nc2ccc(C)cc2O)ccn1. The number of aromatic nitrogens is 1. The number of phenols is 1. The molecule has 1 aromatic heterocycles. The number of hydrogen-bond donors (Lipinski definition) is 2. The Morgan fingerprint density at radius 3 is 2.79 bits per heavy atom. The van der Waals surface area contributed by atoms with Crippen LogP contribution in [0.25, 0.3) is 0 Å². The molecule has 0 spiro atoms. The molecule has 19 heavy (non-hydrogen) atoms. The number of aryl methyl sites for hydroxylation is 1. The first kappa shape index (κ1) is 12.9. The average Bonchev–Trinajstić information content (AvgIpc) is 2.42. The smallest absolute Gasteiger partial charge is 0.256 e. The van der Waals surface area contributed by atoms with Crippen LogP contribution in [0.5, 0.6) is 11.6 Å². The number of benzene rings is 1. The summed E-state index contributed by atoms with van der Waals surface area (Å²) in [7, 11) is 1.48. The van der Waals surface area contributed by atoms with Crippen molar-refractivity contribution in [3.63, 3.8) is 0 Å². The standard InChI is InChI=1S/C14H14N2O3/c1-9-3-4-11(12(17)7-9)16-14(18)10-5-6-15-13(8-10)19-2/h3-8,17H,1-2H3,(H,16,18). The maximum absolute atomic E-state index is 12.0. The number of amides is 1. The van der Waals surface area contributed by atoms with Gasteiger partial charge in [-0.3, -0.25) is 4.79 Å². The minimum atomic E-state index is -0.333. The van der Waals surface area contributed by atoms with E-state index in [1.807, 2.05) is 13.0 Å². The molecular weight excluding hydrogens is 244 g/mol. The lowest BCUT2D eigenvalue weighted by atomic mass is 10.2. The van der Waals surface area contributed by atoms with Gasteiger partial charge in [-0.15, -0.1) is 0 Å². The molecule has 1 aromatic carbocycles. The van der Waals surface area contributed by atoms with E-state index in [0.717, 1.165) is 5.56 Å². The molecule has 2 rings (SSSR count). The maximum atomic E-state index is 12.0. The van der Waals surface area contributed by atoms with Crippen molar-refractivity contribution >= 4 is 11.6 Å². The summed E-state index contributed by atoms with van der Waals surface area (Å²) in [4.78, 5) is 15.9. The molecular formula is C14H14N2O3. The van der Waals surface area contributed by atoms with Gasteiger partial charge in [0.15, 0.2) is 0 Å². The molecule has 98 valence electrons. The summed E-state index contributed by atoms with van der Waals surface area (Å²) >= 11 is 0. The van der Waals surface area contributed by atoms with Gasteiger partial charge in [-0.25, -0.2) is 4.98 Å². The molecule has 0 saturated heterocycles. The van der Waals surface area contributed by atoms with Crippen molar-refractivity contribution in [2.24, 2.45) is 0 Å². The second-order valence-electron chi connectivity index (χ2n) is 4.06. The normalized spacial score (nSPS) is 10.0. The lowest BCUT2D eigenvalue weighted by molar-refractivity contribution is 0.102. The van der Waals surface area contributed by atoms with Crippen LogP contribution in [0, 0.1) is 6.92 Å². The van der Waals surface area contributed by atoms with Crippen molar-refractivity contribution in [2.45, 2.75) is 6.92 Å². The third-order valence-electron chi connectivity index (χ3n) is 2.61. The van der Waals surface area contributed by atoms with Crippen molar-refractivity contribution < 1.29 is 14.6 Å². The van der Waals surface area contributed by atoms with Gasteiger partial charge < -0.3 is 15.2 Å². The van der Waals surface area contributed by atoms with Crippen LogP contribution in [0.2, 0.25) is 0 Å². The lowest BCUT2D eigenvalue weighted by Gasteiger charge is -2.08. The molecule has 0 saturated carbocycles. The van der Waals surface area contributed by atoms with E-state index in [-0.39, 0.29) is 11.7 Å². The molecule has 0 atom stereocenters. The van der Waals surface area contributed by atoms with E-state index in [9.17, 15) is 9.90 Å². The molecule has 5 heteroatoms. The van der Waals surface area contributed by atoms with Crippen LogP contribution in [0.3, 0.4) is 0 Å². The van der Waals surface area contributed by atoms with E-state index in [4.69, 9.17) is 4.74 Å². The second-order valence-corrected chi connectivity index (χ2v) is 4.06. The number of rotatable bonds is 3. The number of phenolic OH excluding ortho intramolecular Hbond substituents is 1. The monoisotopic (exact) mass is 258 g/mol. The van der Waals surface area contributed by atoms with Gasteiger partial charge in [-0.1, -0.05) is 6.07 Å². The Hall–Kier alpha value is -2.56. The first-order chi connectivity index (χ1) is 9.10. The Kier molecular flexibility index (Phi) is 3.66. The number of carbonyl (C=O) groups is 1. The van der Waals surface area contributed by atoms with Gasteiger partial charge in [0.05, 0.1) is 12.8 Å². The molecule has 0 aliphatic carbocycles. The number of nitrogens with zero attached hydrogens (tertiary/aromatic N) is 1. The first-order valence-corrected chi connectivity index (χ1v) is 5.71. The Balaban J connectivity index is 2.20. The molecule has 0 fully saturated rings. The zero-order valence-corrected chi connectivity index (χ0v) is 10.7. The fourth-order valence-electron chi connectivity index (χ4n) is 1.60. The fraction of sp³-hybridized carbons (Fsp3) is 0.143. The minimum absolute atomic E-state index is 0.0365.